The molecule has 1 aromatic rings. The molecule has 1 unspecified atom stereocenters. The fraction of sp³-hybridized carbons (Fsp3) is 0.571. The highest BCUT2D eigenvalue weighted by atomic mass is 32.1. The van der Waals surface area contributed by atoms with Crippen LogP contribution in [0.25, 0.3) is 0 Å². The van der Waals surface area contributed by atoms with Crippen LogP contribution in [0.5, 0.6) is 0 Å². The molecule has 2 rings (SSSR count). The van der Waals surface area contributed by atoms with Crippen LogP contribution in [0.2, 0.25) is 0 Å². The van der Waals surface area contributed by atoms with Gasteiger partial charge in [-0.2, -0.15) is 0 Å². The molecular formula is C14H20N2O4S. The Bertz CT molecular complexity index is 503. The SMILES string of the molecule is CCCNC(=O)C1COCCN1Cc1ccc(C(=O)O)s1. The lowest BCUT2D eigenvalue weighted by molar-refractivity contribution is -0.132. The maximum Gasteiger partial charge on any atom is 0.345 e. The van der Waals surface area contributed by atoms with Crippen LogP contribution in [0, 0.1) is 0 Å². The van der Waals surface area contributed by atoms with Gasteiger partial charge < -0.3 is 15.2 Å². The van der Waals surface area contributed by atoms with Gasteiger partial charge >= 0.3 is 5.97 Å². The molecule has 0 radical (unpaired) electrons. The minimum atomic E-state index is -0.912. The summed E-state index contributed by atoms with van der Waals surface area (Å²) in [6.07, 6.45) is 0.895. The monoisotopic (exact) mass is 312 g/mol. The van der Waals surface area contributed by atoms with E-state index >= 15 is 0 Å². The second-order valence-corrected chi connectivity index (χ2v) is 6.09. The van der Waals surface area contributed by atoms with E-state index in [2.05, 4.69) is 5.32 Å². The maximum absolute atomic E-state index is 12.1. The van der Waals surface area contributed by atoms with E-state index in [4.69, 9.17) is 9.84 Å². The summed E-state index contributed by atoms with van der Waals surface area (Å²) in [7, 11) is 0. The normalized spacial score (nSPS) is 19.4. The number of amides is 1. The molecule has 0 saturated carbocycles. The number of morpholine rings is 1. The Labute approximate surface area is 127 Å². The average molecular weight is 312 g/mol. The van der Waals surface area contributed by atoms with Crippen molar-refractivity contribution in [3.63, 3.8) is 0 Å². The van der Waals surface area contributed by atoms with Gasteiger partial charge in [-0.15, -0.1) is 11.3 Å². The van der Waals surface area contributed by atoms with E-state index < -0.39 is 5.97 Å². The summed E-state index contributed by atoms with van der Waals surface area (Å²) < 4.78 is 5.40. The van der Waals surface area contributed by atoms with Crippen LogP contribution in [0.1, 0.15) is 27.9 Å². The third-order valence-corrected chi connectivity index (χ3v) is 4.38. The van der Waals surface area contributed by atoms with Gasteiger partial charge in [0.05, 0.1) is 13.2 Å². The molecule has 1 fully saturated rings. The van der Waals surface area contributed by atoms with Crippen LogP contribution >= 0.6 is 11.3 Å². The van der Waals surface area contributed by atoms with Gasteiger partial charge in [-0.05, 0) is 18.6 Å². The zero-order valence-electron chi connectivity index (χ0n) is 12.0. The highest BCUT2D eigenvalue weighted by Gasteiger charge is 2.29. The first-order chi connectivity index (χ1) is 10.1. The minimum absolute atomic E-state index is 0.0217. The second kappa shape index (κ2) is 7.53. The number of thiophene rings is 1. The van der Waals surface area contributed by atoms with Crippen molar-refractivity contribution in [2.45, 2.75) is 25.9 Å². The maximum atomic E-state index is 12.1. The van der Waals surface area contributed by atoms with E-state index in [1.165, 1.54) is 11.3 Å². The number of ether oxygens (including phenoxy) is 1. The molecule has 6 nitrogen and oxygen atoms in total. The predicted octanol–water partition coefficient (Wildman–Crippen LogP) is 1.17. The van der Waals surface area contributed by atoms with Crippen LogP contribution in [0.15, 0.2) is 12.1 Å². The van der Waals surface area contributed by atoms with Gasteiger partial charge in [-0.3, -0.25) is 9.69 Å². The van der Waals surface area contributed by atoms with Gasteiger partial charge in [0.25, 0.3) is 0 Å². The van der Waals surface area contributed by atoms with E-state index in [0.717, 1.165) is 11.3 Å². The third kappa shape index (κ3) is 4.26. The molecule has 1 saturated heterocycles. The van der Waals surface area contributed by atoms with Crippen molar-refractivity contribution in [3.8, 4) is 0 Å². The Morgan fingerprint density at radius 1 is 1.52 bits per heavy atom. The van der Waals surface area contributed by atoms with Gasteiger partial charge in [-0.25, -0.2) is 4.79 Å². The Hall–Kier alpha value is -1.44. The number of rotatable bonds is 6. The zero-order chi connectivity index (χ0) is 15.2. The molecule has 1 atom stereocenters. The van der Waals surface area contributed by atoms with Gasteiger partial charge in [0.2, 0.25) is 5.91 Å². The molecule has 2 heterocycles. The van der Waals surface area contributed by atoms with Gasteiger partial charge in [-0.1, -0.05) is 6.92 Å². The van der Waals surface area contributed by atoms with Crippen LogP contribution in [-0.2, 0) is 16.1 Å². The summed E-state index contributed by atoms with van der Waals surface area (Å²) in [5, 5.41) is 11.8. The minimum Gasteiger partial charge on any atom is -0.477 e. The number of carboxylic acid groups (broad SMARTS) is 1. The molecule has 0 bridgehead atoms. The molecule has 1 aromatic heterocycles. The van der Waals surface area contributed by atoms with E-state index in [-0.39, 0.29) is 11.9 Å². The lowest BCUT2D eigenvalue weighted by Gasteiger charge is -2.34. The summed E-state index contributed by atoms with van der Waals surface area (Å²) in [5.74, 6) is -0.933. The fourth-order valence-corrected chi connectivity index (χ4v) is 3.09. The molecule has 21 heavy (non-hydrogen) atoms. The van der Waals surface area contributed by atoms with Crippen molar-refractivity contribution in [1.29, 1.82) is 0 Å². The molecule has 7 heteroatoms. The Balaban J connectivity index is 2.00. The number of nitrogens with one attached hydrogen (secondary N) is 1. The second-order valence-electron chi connectivity index (χ2n) is 4.92. The molecule has 0 spiro atoms. The van der Waals surface area contributed by atoms with E-state index in [1.54, 1.807) is 6.07 Å². The summed E-state index contributed by atoms with van der Waals surface area (Å²) in [4.78, 5) is 26.4. The molecule has 0 aromatic carbocycles. The number of carbonyl (C=O) groups excluding carboxylic acids is 1. The molecule has 1 aliphatic rings. The molecule has 1 aliphatic heterocycles. The van der Waals surface area contributed by atoms with Crippen LogP contribution in [0.4, 0.5) is 0 Å². The fourth-order valence-electron chi connectivity index (χ4n) is 2.21. The standard InChI is InChI=1S/C14H20N2O4S/c1-2-5-15-13(17)11-9-20-7-6-16(11)8-10-3-4-12(21-10)14(18)19/h3-4,11H,2,5-9H2,1H3,(H,15,17)(H,18,19). The number of carbonyl (C=O) groups is 2. The lowest BCUT2D eigenvalue weighted by Crippen LogP contribution is -2.53. The Kier molecular flexibility index (Phi) is 5.72. The van der Waals surface area contributed by atoms with E-state index in [9.17, 15) is 9.59 Å². The molecule has 116 valence electrons. The summed E-state index contributed by atoms with van der Waals surface area (Å²) in [6.45, 7) is 4.89. The highest BCUT2D eigenvalue weighted by molar-refractivity contribution is 7.13. The van der Waals surface area contributed by atoms with Gasteiger partial charge in [0.1, 0.15) is 10.9 Å². The average Bonchev–Trinajstić information content (AvgIpc) is 2.94. The topological polar surface area (TPSA) is 78.9 Å². The van der Waals surface area contributed by atoms with Crippen LogP contribution < -0.4 is 5.32 Å². The quantitative estimate of drug-likeness (QED) is 0.824. The number of nitrogens with zero attached hydrogens (tertiary/aromatic N) is 1. The van der Waals surface area contributed by atoms with Gasteiger partial charge in [0.15, 0.2) is 0 Å². The van der Waals surface area contributed by atoms with Crippen molar-refractivity contribution in [1.82, 2.24) is 10.2 Å². The van der Waals surface area contributed by atoms with Crippen molar-refractivity contribution in [2.24, 2.45) is 0 Å². The molecule has 1 amide bonds. The lowest BCUT2D eigenvalue weighted by atomic mass is 10.2. The number of hydrogen-bond donors (Lipinski definition) is 2. The first-order valence-corrected chi connectivity index (χ1v) is 7.85. The molecule has 0 aliphatic carbocycles. The predicted molar refractivity (Wildman–Crippen MR) is 79.6 cm³/mol. The Morgan fingerprint density at radius 2 is 2.33 bits per heavy atom. The van der Waals surface area contributed by atoms with E-state index in [1.807, 2.05) is 17.9 Å². The number of hydrogen-bond acceptors (Lipinski definition) is 5. The first-order valence-electron chi connectivity index (χ1n) is 7.03. The smallest absolute Gasteiger partial charge is 0.345 e. The number of aromatic carboxylic acids is 1. The summed E-state index contributed by atoms with van der Waals surface area (Å²) in [5.41, 5.74) is 0. The zero-order valence-corrected chi connectivity index (χ0v) is 12.8. The van der Waals surface area contributed by atoms with Crippen LogP contribution in [0.3, 0.4) is 0 Å². The first kappa shape index (κ1) is 15.9. The van der Waals surface area contributed by atoms with Crippen LogP contribution in [-0.4, -0.2) is 54.2 Å². The van der Waals surface area contributed by atoms with Gasteiger partial charge in [0, 0.05) is 24.5 Å². The summed E-state index contributed by atoms with van der Waals surface area (Å²) in [6, 6.07) is 3.11. The largest absolute Gasteiger partial charge is 0.477 e. The highest BCUT2D eigenvalue weighted by Crippen LogP contribution is 2.20. The van der Waals surface area contributed by atoms with Crippen molar-refractivity contribution < 1.29 is 19.4 Å². The molecule has 2 N–H and O–H groups in total. The van der Waals surface area contributed by atoms with E-state index in [0.29, 0.717) is 37.7 Å². The third-order valence-electron chi connectivity index (χ3n) is 3.32. The Morgan fingerprint density at radius 3 is 3.00 bits per heavy atom. The van der Waals surface area contributed by atoms with Crippen molar-refractivity contribution in [3.05, 3.63) is 21.9 Å². The van der Waals surface area contributed by atoms with Crippen molar-refractivity contribution in [2.75, 3.05) is 26.3 Å². The molecular weight excluding hydrogens is 292 g/mol. The number of carboxylic acids is 1. The van der Waals surface area contributed by atoms with Crippen molar-refractivity contribution >= 4 is 23.2 Å². The summed E-state index contributed by atoms with van der Waals surface area (Å²) >= 11 is 1.25.